The predicted octanol–water partition coefficient (Wildman–Crippen LogP) is 4.38. The van der Waals surface area contributed by atoms with Crippen LogP contribution in [0.2, 0.25) is 0 Å². The molecule has 1 amide bonds. The molecule has 0 spiro atoms. The third-order valence-electron chi connectivity index (χ3n) is 5.10. The van der Waals surface area contributed by atoms with Crippen molar-refractivity contribution in [3.8, 4) is 0 Å². The Morgan fingerprint density at radius 3 is 2.43 bits per heavy atom. The van der Waals surface area contributed by atoms with Crippen LogP contribution in [0.1, 0.15) is 44.7 Å². The maximum Gasteiger partial charge on any atom is 0.261 e. The molecule has 1 heterocycles. The van der Waals surface area contributed by atoms with E-state index in [0.717, 1.165) is 29.7 Å². The number of rotatable bonds is 7. The van der Waals surface area contributed by atoms with Crippen LogP contribution in [0.5, 0.6) is 0 Å². The summed E-state index contributed by atoms with van der Waals surface area (Å²) in [5.74, 6) is 0.654. The highest BCUT2D eigenvalue weighted by molar-refractivity contribution is 7.92. The van der Waals surface area contributed by atoms with Crippen molar-refractivity contribution in [1.82, 2.24) is 0 Å². The summed E-state index contributed by atoms with van der Waals surface area (Å²) < 4.78 is 28.0. The molecular formula is C22H28N2O3S. The zero-order chi connectivity index (χ0) is 20.3. The number of amides is 1. The first-order valence-corrected chi connectivity index (χ1v) is 11.3. The number of nitrogens with one attached hydrogen (secondary N) is 1. The summed E-state index contributed by atoms with van der Waals surface area (Å²) in [6, 6.07) is 12.4. The lowest BCUT2D eigenvalue weighted by Crippen LogP contribution is -2.36. The molecule has 1 aliphatic heterocycles. The highest BCUT2D eigenvalue weighted by Crippen LogP contribution is 2.31. The number of hydrogen-bond donors (Lipinski definition) is 1. The Morgan fingerprint density at radius 1 is 1.07 bits per heavy atom. The molecule has 150 valence electrons. The van der Waals surface area contributed by atoms with E-state index in [9.17, 15) is 13.2 Å². The molecule has 0 fully saturated rings. The van der Waals surface area contributed by atoms with E-state index in [2.05, 4.69) is 18.6 Å². The van der Waals surface area contributed by atoms with Gasteiger partial charge in [-0.05, 0) is 66.6 Å². The molecule has 0 unspecified atom stereocenters. The Labute approximate surface area is 167 Å². The van der Waals surface area contributed by atoms with Gasteiger partial charge in [-0.15, -0.1) is 0 Å². The summed E-state index contributed by atoms with van der Waals surface area (Å²) in [5.41, 5.74) is 3.52. The predicted molar refractivity (Wildman–Crippen MR) is 113 cm³/mol. The minimum Gasteiger partial charge on any atom is -0.312 e. The van der Waals surface area contributed by atoms with Crippen molar-refractivity contribution in [3.05, 3.63) is 53.6 Å². The molecule has 5 nitrogen and oxygen atoms in total. The first-order chi connectivity index (χ1) is 13.3. The van der Waals surface area contributed by atoms with Crippen LogP contribution in [-0.4, -0.2) is 20.9 Å². The van der Waals surface area contributed by atoms with Gasteiger partial charge in [-0.1, -0.05) is 32.9 Å². The number of sulfonamides is 1. The Kier molecular flexibility index (Phi) is 6.08. The normalized spacial score (nSPS) is 14.3. The van der Waals surface area contributed by atoms with Gasteiger partial charge in [0.1, 0.15) is 0 Å². The van der Waals surface area contributed by atoms with Crippen LogP contribution in [0.3, 0.4) is 0 Å². The maximum atomic E-state index is 12.7. The van der Waals surface area contributed by atoms with Gasteiger partial charge < -0.3 is 4.90 Å². The Hall–Kier alpha value is -2.34. The first-order valence-electron chi connectivity index (χ1n) is 9.85. The fraction of sp³-hybridized carbons (Fsp3) is 0.409. The summed E-state index contributed by atoms with van der Waals surface area (Å²) in [6.45, 7) is 7.00. The molecule has 28 heavy (non-hydrogen) atoms. The van der Waals surface area contributed by atoms with Crippen LogP contribution in [-0.2, 0) is 27.7 Å². The van der Waals surface area contributed by atoms with E-state index in [4.69, 9.17) is 0 Å². The summed E-state index contributed by atoms with van der Waals surface area (Å²) in [5, 5.41) is 0. The van der Waals surface area contributed by atoms with Gasteiger partial charge in [-0.3, -0.25) is 9.52 Å². The van der Waals surface area contributed by atoms with E-state index in [1.54, 1.807) is 18.2 Å². The number of anilines is 2. The number of carbonyl (C=O) groups excluding carboxylic acids is 1. The molecule has 0 saturated carbocycles. The van der Waals surface area contributed by atoms with Crippen molar-refractivity contribution in [1.29, 1.82) is 0 Å². The lowest BCUT2D eigenvalue weighted by atomic mass is 9.99. The van der Waals surface area contributed by atoms with Gasteiger partial charge in [0, 0.05) is 24.3 Å². The van der Waals surface area contributed by atoms with Crippen molar-refractivity contribution in [2.75, 3.05) is 16.2 Å². The third-order valence-corrected chi connectivity index (χ3v) is 6.50. The van der Waals surface area contributed by atoms with Gasteiger partial charge >= 0.3 is 0 Å². The molecule has 0 radical (unpaired) electrons. The van der Waals surface area contributed by atoms with Crippen molar-refractivity contribution >= 4 is 27.3 Å². The maximum absolute atomic E-state index is 12.7. The number of nitrogens with zero attached hydrogens (tertiary/aromatic N) is 1. The van der Waals surface area contributed by atoms with Crippen LogP contribution in [0.4, 0.5) is 11.4 Å². The number of aryl methyl sites for hydroxylation is 2. The van der Waals surface area contributed by atoms with Gasteiger partial charge in [0.2, 0.25) is 5.91 Å². The number of benzene rings is 2. The lowest BCUT2D eigenvalue weighted by molar-refractivity contribution is -0.118. The Bertz CT molecular complexity index is 950. The quantitative estimate of drug-likeness (QED) is 0.750. The highest BCUT2D eigenvalue weighted by Gasteiger charge is 2.25. The molecule has 1 N–H and O–H groups in total. The van der Waals surface area contributed by atoms with Crippen molar-refractivity contribution in [3.63, 3.8) is 0 Å². The van der Waals surface area contributed by atoms with Crippen LogP contribution in [0.15, 0.2) is 47.4 Å². The standard InChI is InChI=1S/C22H28N2O3S/c1-4-17-5-9-20(10-6-17)28(26,27)23-19-8-11-21-18(15-19)7-12-22(25)24(21)14-13-16(2)3/h5-6,8-11,15-16,23H,4,7,12-14H2,1-3H3. The van der Waals surface area contributed by atoms with E-state index in [1.807, 2.05) is 36.1 Å². The third kappa shape index (κ3) is 4.55. The summed E-state index contributed by atoms with van der Waals surface area (Å²) >= 11 is 0. The van der Waals surface area contributed by atoms with Crippen LogP contribution in [0.25, 0.3) is 0 Å². The minimum atomic E-state index is -3.64. The van der Waals surface area contributed by atoms with Crippen LogP contribution >= 0.6 is 0 Å². The average Bonchev–Trinajstić information content (AvgIpc) is 2.67. The molecular weight excluding hydrogens is 372 g/mol. The van der Waals surface area contributed by atoms with E-state index in [1.165, 1.54) is 0 Å². The first kappa shape index (κ1) is 20.4. The smallest absolute Gasteiger partial charge is 0.261 e. The molecule has 0 bridgehead atoms. The SMILES string of the molecule is CCc1ccc(S(=O)(=O)Nc2ccc3c(c2)CCC(=O)N3CCC(C)C)cc1. The second kappa shape index (κ2) is 8.35. The van der Waals surface area contributed by atoms with Gasteiger partial charge in [0.05, 0.1) is 4.90 Å². The lowest BCUT2D eigenvalue weighted by Gasteiger charge is -2.30. The van der Waals surface area contributed by atoms with Gasteiger partial charge in [-0.2, -0.15) is 0 Å². The fourth-order valence-corrected chi connectivity index (χ4v) is 4.42. The molecule has 3 rings (SSSR count). The Balaban J connectivity index is 1.82. The monoisotopic (exact) mass is 400 g/mol. The highest BCUT2D eigenvalue weighted by atomic mass is 32.2. The molecule has 2 aromatic carbocycles. The van der Waals surface area contributed by atoms with Crippen LogP contribution in [0, 0.1) is 5.92 Å². The average molecular weight is 401 g/mol. The van der Waals surface area contributed by atoms with Crippen LogP contribution < -0.4 is 9.62 Å². The molecule has 0 atom stereocenters. The van der Waals surface area contributed by atoms with Crippen molar-refractivity contribution in [2.24, 2.45) is 5.92 Å². The molecule has 2 aromatic rings. The Morgan fingerprint density at radius 2 is 1.79 bits per heavy atom. The van der Waals surface area contributed by atoms with E-state index in [0.29, 0.717) is 31.0 Å². The molecule has 6 heteroatoms. The summed E-state index contributed by atoms with van der Waals surface area (Å²) in [7, 11) is -3.64. The zero-order valence-corrected chi connectivity index (χ0v) is 17.6. The topological polar surface area (TPSA) is 66.5 Å². The van der Waals surface area contributed by atoms with Crippen molar-refractivity contribution in [2.45, 2.75) is 51.3 Å². The van der Waals surface area contributed by atoms with E-state index in [-0.39, 0.29) is 10.8 Å². The number of hydrogen-bond acceptors (Lipinski definition) is 3. The van der Waals surface area contributed by atoms with E-state index >= 15 is 0 Å². The second-order valence-electron chi connectivity index (χ2n) is 7.67. The second-order valence-corrected chi connectivity index (χ2v) is 9.36. The van der Waals surface area contributed by atoms with E-state index < -0.39 is 10.0 Å². The summed E-state index contributed by atoms with van der Waals surface area (Å²) in [6.07, 6.45) is 2.89. The molecule has 1 aliphatic rings. The largest absolute Gasteiger partial charge is 0.312 e. The minimum absolute atomic E-state index is 0.137. The van der Waals surface area contributed by atoms with Gasteiger partial charge in [0.25, 0.3) is 10.0 Å². The van der Waals surface area contributed by atoms with Gasteiger partial charge in [0.15, 0.2) is 0 Å². The fourth-order valence-electron chi connectivity index (χ4n) is 3.37. The molecule has 0 saturated heterocycles. The molecule has 0 aromatic heterocycles. The summed E-state index contributed by atoms with van der Waals surface area (Å²) in [4.78, 5) is 14.4. The van der Waals surface area contributed by atoms with Gasteiger partial charge in [-0.25, -0.2) is 8.42 Å². The zero-order valence-electron chi connectivity index (χ0n) is 16.7. The number of fused-ring (bicyclic) bond motifs is 1. The van der Waals surface area contributed by atoms with Crippen molar-refractivity contribution < 1.29 is 13.2 Å². The number of carbonyl (C=O) groups is 1. The molecule has 0 aliphatic carbocycles.